The predicted molar refractivity (Wildman–Crippen MR) is 92.5 cm³/mol. The van der Waals surface area contributed by atoms with Gasteiger partial charge in [0.1, 0.15) is 0 Å². The molecule has 0 aromatic heterocycles. The van der Waals surface area contributed by atoms with Gasteiger partial charge in [0.15, 0.2) is 0 Å². The molecule has 1 rings (SSSR count). The largest absolute Gasteiger partial charge is 0.469 e. The zero-order chi connectivity index (χ0) is 16.0. The summed E-state index contributed by atoms with van der Waals surface area (Å²) in [7, 11) is 1.46. The van der Waals surface area contributed by atoms with E-state index < -0.39 is 0 Å². The zero-order valence-corrected chi connectivity index (χ0v) is 14.3. The van der Waals surface area contributed by atoms with Crippen LogP contribution < -0.4 is 0 Å². The minimum absolute atomic E-state index is 0.0773. The number of carbonyl (C=O) groups is 1. The van der Waals surface area contributed by atoms with Gasteiger partial charge in [-0.3, -0.25) is 4.79 Å². The third kappa shape index (κ3) is 9.66. The molecule has 2 heteroatoms. The highest BCUT2D eigenvalue weighted by molar-refractivity contribution is 5.68. The van der Waals surface area contributed by atoms with Crippen molar-refractivity contribution in [2.45, 2.75) is 89.9 Å². The van der Waals surface area contributed by atoms with E-state index in [4.69, 9.17) is 6.42 Å². The first-order valence-corrected chi connectivity index (χ1v) is 8.98. The van der Waals surface area contributed by atoms with E-state index in [0.29, 0.717) is 6.42 Å². The highest BCUT2D eigenvalue weighted by atomic mass is 16.5. The molecule has 0 N–H and O–H groups in total. The molecule has 0 unspecified atom stereocenters. The monoisotopic (exact) mass is 304 g/mol. The molecule has 124 valence electrons. The average molecular weight is 304 g/mol. The Hall–Kier alpha value is -1.23. The number of hydrogen-bond acceptors (Lipinski definition) is 2. The van der Waals surface area contributed by atoms with Crippen LogP contribution in [0.25, 0.3) is 0 Å². The number of rotatable bonds is 14. The number of allylic oxidation sites excluding steroid dienone is 2. The summed E-state index contributed by atoms with van der Waals surface area (Å²) < 4.78 is 4.64. The fraction of sp³-hybridized carbons (Fsp3) is 0.750. The second kappa shape index (κ2) is 12.3. The van der Waals surface area contributed by atoms with Crippen LogP contribution in [-0.4, -0.2) is 13.1 Å². The Balaban J connectivity index is 1.86. The molecule has 0 aromatic carbocycles. The summed E-state index contributed by atoms with van der Waals surface area (Å²) in [5.41, 5.74) is 3.46. The predicted octanol–water partition coefficient (Wildman–Crippen LogP) is 5.56. The van der Waals surface area contributed by atoms with E-state index in [0.717, 1.165) is 19.3 Å². The van der Waals surface area contributed by atoms with E-state index in [-0.39, 0.29) is 5.97 Å². The average Bonchev–Trinajstić information content (AvgIpc) is 3.28. The molecular formula is C20H32O2. The Kier molecular flexibility index (Phi) is 10.5. The van der Waals surface area contributed by atoms with Crippen LogP contribution in [0.5, 0.6) is 0 Å². The zero-order valence-electron chi connectivity index (χ0n) is 14.3. The molecule has 1 aliphatic carbocycles. The van der Waals surface area contributed by atoms with E-state index in [1.54, 1.807) is 11.1 Å². The van der Waals surface area contributed by atoms with Gasteiger partial charge in [-0.15, -0.1) is 12.3 Å². The van der Waals surface area contributed by atoms with Crippen molar-refractivity contribution >= 4 is 5.97 Å². The van der Waals surface area contributed by atoms with Crippen LogP contribution >= 0.6 is 0 Å². The van der Waals surface area contributed by atoms with E-state index >= 15 is 0 Å². The molecule has 0 radical (unpaired) electrons. The third-order valence-electron chi connectivity index (χ3n) is 4.44. The number of hydrogen-bond donors (Lipinski definition) is 0. The van der Waals surface area contributed by atoms with Gasteiger partial charge in [0.2, 0.25) is 0 Å². The maximum Gasteiger partial charge on any atom is 0.305 e. The fourth-order valence-corrected chi connectivity index (χ4v) is 2.90. The van der Waals surface area contributed by atoms with Crippen LogP contribution in [0.4, 0.5) is 0 Å². The molecule has 22 heavy (non-hydrogen) atoms. The van der Waals surface area contributed by atoms with Gasteiger partial charge in [-0.25, -0.2) is 0 Å². The Labute approximate surface area is 136 Å². The lowest BCUT2D eigenvalue weighted by Gasteiger charge is -1.99. The van der Waals surface area contributed by atoms with Crippen molar-refractivity contribution in [2.24, 2.45) is 0 Å². The molecule has 0 amide bonds. The Bertz CT molecular complexity index is 387. The van der Waals surface area contributed by atoms with Gasteiger partial charge in [0, 0.05) is 12.8 Å². The van der Waals surface area contributed by atoms with E-state index in [1.807, 2.05) is 0 Å². The maximum atomic E-state index is 11.0. The van der Waals surface area contributed by atoms with Gasteiger partial charge in [0.05, 0.1) is 7.11 Å². The quantitative estimate of drug-likeness (QED) is 0.182. The van der Waals surface area contributed by atoms with Crippen molar-refractivity contribution in [1.29, 1.82) is 0 Å². The number of terminal acetylenes is 1. The van der Waals surface area contributed by atoms with Gasteiger partial charge >= 0.3 is 5.97 Å². The molecule has 0 bridgehead atoms. The summed E-state index contributed by atoms with van der Waals surface area (Å²) in [6, 6.07) is 0. The Morgan fingerprint density at radius 2 is 1.50 bits per heavy atom. The van der Waals surface area contributed by atoms with Crippen LogP contribution in [-0.2, 0) is 9.53 Å². The summed E-state index contributed by atoms with van der Waals surface area (Å²) >= 11 is 0. The first-order chi connectivity index (χ1) is 10.8. The lowest BCUT2D eigenvalue weighted by molar-refractivity contribution is -0.140. The molecular weight excluding hydrogens is 272 g/mol. The van der Waals surface area contributed by atoms with Gasteiger partial charge in [-0.1, -0.05) is 43.3 Å². The maximum absolute atomic E-state index is 11.0. The summed E-state index contributed by atoms with van der Waals surface area (Å²) in [5.74, 6) is 2.63. The van der Waals surface area contributed by atoms with E-state index in [9.17, 15) is 4.79 Å². The number of carbonyl (C=O) groups excluding carboxylic acids is 1. The van der Waals surface area contributed by atoms with Crippen molar-refractivity contribution < 1.29 is 9.53 Å². The molecule has 0 saturated heterocycles. The summed E-state index contributed by atoms with van der Waals surface area (Å²) in [6.07, 6.45) is 21.9. The minimum Gasteiger partial charge on any atom is -0.469 e. The Morgan fingerprint density at radius 1 is 0.955 bits per heavy atom. The lowest BCUT2D eigenvalue weighted by atomic mass is 10.1. The number of esters is 1. The highest BCUT2D eigenvalue weighted by Gasteiger charge is 2.19. The first kappa shape index (κ1) is 18.8. The molecule has 0 fully saturated rings. The summed E-state index contributed by atoms with van der Waals surface area (Å²) in [5, 5.41) is 0. The second-order valence-corrected chi connectivity index (χ2v) is 6.35. The second-order valence-electron chi connectivity index (χ2n) is 6.35. The minimum atomic E-state index is -0.0773. The van der Waals surface area contributed by atoms with Gasteiger partial charge in [0.25, 0.3) is 0 Å². The van der Waals surface area contributed by atoms with Gasteiger partial charge in [-0.05, 0) is 44.9 Å². The van der Waals surface area contributed by atoms with Crippen molar-refractivity contribution in [1.82, 2.24) is 0 Å². The van der Waals surface area contributed by atoms with Crippen LogP contribution in [0.2, 0.25) is 0 Å². The molecule has 1 aliphatic rings. The van der Waals surface area contributed by atoms with Crippen LogP contribution in [0, 0.1) is 12.3 Å². The van der Waals surface area contributed by atoms with Crippen molar-refractivity contribution in [3.63, 3.8) is 0 Å². The van der Waals surface area contributed by atoms with Crippen LogP contribution in [0.1, 0.15) is 89.9 Å². The molecule has 0 atom stereocenters. The Morgan fingerprint density at radius 3 is 2.09 bits per heavy atom. The van der Waals surface area contributed by atoms with Crippen molar-refractivity contribution in [2.75, 3.05) is 7.11 Å². The standard InChI is InChI=1S/C20H32O2/c1-3-4-5-6-7-8-11-14-18-17-19(18)15-12-9-10-13-16-20(21)22-2/h1H,4-17H2,2H3. The SMILES string of the molecule is C#CCCCCCCCC1=C(CCCCCCC(=O)OC)C1. The molecule has 0 saturated carbocycles. The van der Waals surface area contributed by atoms with Gasteiger partial charge in [-0.2, -0.15) is 0 Å². The molecule has 0 heterocycles. The van der Waals surface area contributed by atoms with Crippen molar-refractivity contribution in [3.8, 4) is 12.3 Å². The fourth-order valence-electron chi connectivity index (χ4n) is 2.90. The smallest absolute Gasteiger partial charge is 0.305 e. The first-order valence-electron chi connectivity index (χ1n) is 8.98. The molecule has 0 aliphatic heterocycles. The number of methoxy groups -OCH3 is 1. The third-order valence-corrected chi connectivity index (χ3v) is 4.44. The van der Waals surface area contributed by atoms with E-state index in [2.05, 4.69) is 10.7 Å². The number of unbranched alkanes of at least 4 members (excludes halogenated alkanes) is 8. The van der Waals surface area contributed by atoms with Crippen molar-refractivity contribution in [3.05, 3.63) is 11.1 Å². The molecule has 0 spiro atoms. The topological polar surface area (TPSA) is 26.3 Å². The van der Waals surface area contributed by atoms with Crippen LogP contribution in [0.15, 0.2) is 11.1 Å². The highest BCUT2D eigenvalue weighted by Crippen LogP contribution is 2.38. The number of ether oxygens (including phenoxy) is 1. The summed E-state index contributed by atoms with van der Waals surface area (Å²) in [6.45, 7) is 0. The summed E-state index contributed by atoms with van der Waals surface area (Å²) in [4.78, 5) is 11.0. The molecule has 0 aromatic rings. The van der Waals surface area contributed by atoms with E-state index in [1.165, 1.54) is 71.3 Å². The molecule has 2 nitrogen and oxygen atoms in total. The van der Waals surface area contributed by atoms with Crippen LogP contribution in [0.3, 0.4) is 0 Å². The normalized spacial score (nSPS) is 13.1. The lowest BCUT2D eigenvalue weighted by Crippen LogP contribution is -1.98. The van der Waals surface area contributed by atoms with Gasteiger partial charge < -0.3 is 4.74 Å².